The first kappa shape index (κ1) is 17.7. The molecule has 0 spiro atoms. The van der Waals surface area contributed by atoms with E-state index in [1.54, 1.807) is 24.2 Å². The third-order valence-corrected chi connectivity index (χ3v) is 5.75. The van der Waals surface area contributed by atoms with Gasteiger partial charge in [0.05, 0.1) is 11.7 Å². The first-order valence-electron chi connectivity index (χ1n) is 8.90. The molecule has 4 rings (SSSR count). The molecule has 3 heterocycles. The zero-order chi connectivity index (χ0) is 18.6. The summed E-state index contributed by atoms with van der Waals surface area (Å²) in [5, 5.41) is 4.08. The summed E-state index contributed by atoms with van der Waals surface area (Å²) in [6, 6.07) is 13.7. The number of benzene rings is 1. The number of nitrogens with zero attached hydrogens (tertiary/aromatic N) is 4. The fourth-order valence-corrected chi connectivity index (χ4v) is 4.07. The SMILES string of the molecule is CC1CN(C(=O)CSc2ccccc2)CC1c1nc(-c2cccnc2)no1. The Hall–Kier alpha value is -2.67. The Balaban J connectivity index is 1.39. The van der Waals surface area contributed by atoms with Gasteiger partial charge in [-0.1, -0.05) is 30.3 Å². The molecule has 1 aliphatic rings. The van der Waals surface area contributed by atoms with E-state index in [0.29, 0.717) is 30.6 Å². The van der Waals surface area contributed by atoms with Crippen LogP contribution in [0.1, 0.15) is 18.7 Å². The summed E-state index contributed by atoms with van der Waals surface area (Å²) in [5.74, 6) is 2.05. The van der Waals surface area contributed by atoms with E-state index in [0.717, 1.165) is 10.5 Å². The van der Waals surface area contributed by atoms with Crippen molar-refractivity contribution in [3.63, 3.8) is 0 Å². The van der Waals surface area contributed by atoms with Crippen LogP contribution in [0.5, 0.6) is 0 Å². The van der Waals surface area contributed by atoms with Gasteiger partial charge in [0.15, 0.2) is 0 Å². The number of aromatic nitrogens is 3. The summed E-state index contributed by atoms with van der Waals surface area (Å²) in [6.45, 7) is 3.45. The predicted molar refractivity (Wildman–Crippen MR) is 103 cm³/mol. The second kappa shape index (κ2) is 7.92. The largest absolute Gasteiger partial charge is 0.341 e. The first-order chi connectivity index (χ1) is 13.2. The Morgan fingerprint density at radius 3 is 2.85 bits per heavy atom. The smallest absolute Gasteiger partial charge is 0.232 e. The second-order valence-electron chi connectivity index (χ2n) is 6.68. The Morgan fingerprint density at radius 2 is 2.07 bits per heavy atom. The number of pyridine rings is 1. The monoisotopic (exact) mass is 380 g/mol. The molecule has 1 fully saturated rings. The minimum Gasteiger partial charge on any atom is -0.341 e. The third-order valence-electron chi connectivity index (χ3n) is 4.75. The van der Waals surface area contributed by atoms with Gasteiger partial charge in [-0.15, -0.1) is 11.8 Å². The number of hydrogen-bond acceptors (Lipinski definition) is 6. The van der Waals surface area contributed by atoms with Gasteiger partial charge >= 0.3 is 0 Å². The van der Waals surface area contributed by atoms with Gasteiger partial charge in [0.2, 0.25) is 17.6 Å². The molecule has 27 heavy (non-hydrogen) atoms. The van der Waals surface area contributed by atoms with Crippen LogP contribution in [0.3, 0.4) is 0 Å². The molecule has 6 nitrogen and oxygen atoms in total. The van der Waals surface area contributed by atoms with Gasteiger partial charge in [-0.05, 0) is 30.2 Å². The molecule has 0 N–H and O–H groups in total. The lowest BCUT2D eigenvalue weighted by molar-refractivity contribution is -0.127. The van der Waals surface area contributed by atoms with Gasteiger partial charge < -0.3 is 9.42 Å². The van der Waals surface area contributed by atoms with Crippen LogP contribution in [-0.4, -0.2) is 44.8 Å². The first-order valence-corrected chi connectivity index (χ1v) is 9.89. The van der Waals surface area contributed by atoms with Crippen molar-refractivity contribution in [3.8, 4) is 11.4 Å². The van der Waals surface area contributed by atoms with E-state index >= 15 is 0 Å². The molecular weight excluding hydrogens is 360 g/mol. The molecule has 2 aromatic heterocycles. The van der Waals surface area contributed by atoms with E-state index in [2.05, 4.69) is 22.0 Å². The van der Waals surface area contributed by atoms with Crippen molar-refractivity contribution in [3.05, 3.63) is 60.7 Å². The van der Waals surface area contributed by atoms with Gasteiger partial charge in [0.1, 0.15) is 0 Å². The van der Waals surface area contributed by atoms with Crippen LogP contribution < -0.4 is 0 Å². The van der Waals surface area contributed by atoms with E-state index in [-0.39, 0.29) is 17.7 Å². The molecular formula is C20H20N4O2S. The highest BCUT2D eigenvalue weighted by Gasteiger charge is 2.36. The summed E-state index contributed by atoms with van der Waals surface area (Å²) in [5.41, 5.74) is 0.824. The Kier molecular flexibility index (Phi) is 5.20. The van der Waals surface area contributed by atoms with Crippen molar-refractivity contribution < 1.29 is 9.32 Å². The van der Waals surface area contributed by atoms with E-state index in [1.165, 1.54) is 0 Å². The van der Waals surface area contributed by atoms with E-state index in [1.807, 2.05) is 47.4 Å². The summed E-state index contributed by atoms with van der Waals surface area (Å²) < 4.78 is 5.50. The quantitative estimate of drug-likeness (QED) is 0.631. The van der Waals surface area contributed by atoms with Gasteiger partial charge in [-0.2, -0.15) is 4.98 Å². The number of likely N-dealkylation sites (tertiary alicyclic amines) is 1. The van der Waals surface area contributed by atoms with Crippen molar-refractivity contribution in [1.82, 2.24) is 20.0 Å². The van der Waals surface area contributed by atoms with Gasteiger partial charge in [-0.25, -0.2) is 0 Å². The average molecular weight is 380 g/mol. The highest BCUT2D eigenvalue weighted by Crippen LogP contribution is 2.33. The van der Waals surface area contributed by atoms with Crippen molar-refractivity contribution in [2.24, 2.45) is 5.92 Å². The molecule has 7 heteroatoms. The number of hydrogen-bond donors (Lipinski definition) is 0. The van der Waals surface area contributed by atoms with Crippen LogP contribution >= 0.6 is 11.8 Å². The number of rotatable bonds is 5. The summed E-state index contributed by atoms with van der Waals surface area (Å²) >= 11 is 1.57. The molecule has 1 aliphatic heterocycles. The van der Waals surface area contributed by atoms with Gasteiger partial charge in [0, 0.05) is 35.9 Å². The normalized spacial score (nSPS) is 19.4. The average Bonchev–Trinajstić information content (AvgIpc) is 3.34. The number of carbonyl (C=O) groups is 1. The van der Waals surface area contributed by atoms with Crippen LogP contribution in [0, 0.1) is 5.92 Å². The van der Waals surface area contributed by atoms with Gasteiger partial charge in [0.25, 0.3) is 0 Å². The number of thioether (sulfide) groups is 1. The van der Waals surface area contributed by atoms with Crippen LogP contribution in [0.2, 0.25) is 0 Å². The standard InChI is InChI=1S/C20H20N4O2S/c1-14-11-24(18(25)13-27-16-7-3-2-4-8-16)12-17(14)20-22-19(23-26-20)15-6-5-9-21-10-15/h2-10,14,17H,11-13H2,1H3. The molecule has 3 aromatic rings. The molecule has 0 aliphatic carbocycles. The highest BCUT2D eigenvalue weighted by molar-refractivity contribution is 8.00. The Bertz CT molecular complexity index is 901. The fraction of sp³-hybridized carbons (Fsp3) is 0.300. The van der Waals surface area contributed by atoms with E-state index < -0.39 is 0 Å². The van der Waals surface area contributed by atoms with Crippen LogP contribution in [0.4, 0.5) is 0 Å². The maximum absolute atomic E-state index is 12.6. The highest BCUT2D eigenvalue weighted by atomic mass is 32.2. The minimum atomic E-state index is 0.0635. The lowest BCUT2D eigenvalue weighted by Gasteiger charge is -2.15. The molecule has 2 unspecified atom stereocenters. The summed E-state index contributed by atoms with van der Waals surface area (Å²) in [6.07, 6.45) is 3.42. The third kappa shape index (κ3) is 4.03. The van der Waals surface area contributed by atoms with E-state index in [9.17, 15) is 4.79 Å². The van der Waals surface area contributed by atoms with Crippen molar-refractivity contribution in [1.29, 1.82) is 0 Å². The van der Waals surface area contributed by atoms with Crippen molar-refractivity contribution in [2.45, 2.75) is 17.7 Å². The topological polar surface area (TPSA) is 72.1 Å². The molecule has 2 atom stereocenters. The van der Waals surface area contributed by atoms with Crippen molar-refractivity contribution >= 4 is 17.7 Å². The maximum atomic E-state index is 12.6. The van der Waals surface area contributed by atoms with Crippen LogP contribution in [-0.2, 0) is 4.79 Å². The molecule has 0 saturated carbocycles. The molecule has 1 amide bonds. The van der Waals surface area contributed by atoms with Gasteiger partial charge in [-0.3, -0.25) is 9.78 Å². The molecule has 0 radical (unpaired) electrons. The van der Waals surface area contributed by atoms with Crippen LogP contribution in [0.25, 0.3) is 11.4 Å². The minimum absolute atomic E-state index is 0.0635. The summed E-state index contributed by atoms with van der Waals surface area (Å²) in [7, 11) is 0. The molecule has 1 aromatic carbocycles. The van der Waals surface area contributed by atoms with E-state index in [4.69, 9.17) is 4.52 Å². The predicted octanol–water partition coefficient (Wildman–Crippen LogP) is 3.49. The maximum Gasteiger partial charge on any atom is 0.232 e. The lowest BCUT2D eigenvalue weighted by Crippen LogP contribution is -2.30. The molecule has 138 valence electrons. The van der Waals surface area contributed by atoms with Crippen molar-refractivity contribution in [2.75, 3.05) is 18.8 Å². The molecule has 1 saturated heterocycles. The lowest BCUT2D eigenvalue weighted by atomic mass is 9.98. The zero-order valence-corrected chi connectivity index (χ0v) is 15.8. The number of amides is 1. The Labute approximate surface area is 162 Å². The molecule has 0 bridgehead atoms. The second-order valence-corrected chi connectivity index (χ2v) is 7.73. The fourth-order valence-electron chi connectivity index (χ4n) is 3.24. The Morgan fingerprint density at radius 1 is 1.22 bits per heavy atom. The zero-order valence-electron chi connectivity index (χ0n) is 15.0. The summed E-state index contributed by atoms with van der Waals surface area (Å²) in [4.78, 5) is 24.2. The van der Waals surface area contributed by atoms with Crippen LogP contribution in [0.15, 0.2) is 64.3 Å². The number of carbonyl (C=O) groups excluding carboxylic acids is 1.